The molecule has 0 radical (unpaired) electrons. The normalized spacial score (nSPS) is 16.7. The van der Waals surface area contributed by atoms with Crippen LogP contribution in [0.1, 0.15) is 19.8 Å². The molecule has 1 aromatic rings. The molecule has 24 heavy (non-hydrogen) atoms. The van der Waals surface area contributed by atoms with Gasteiger partial charge in [-0.25, -0.2) is 4.79 Å². The number of carbonyl (C=O) groups excluding carboxylic acids is 3. The van der Waals surface area contributed by atoms with Crippen LogP contribution >= 0.6 is 0 Å². The number of ether oxygens (including phenoxy) is 2. The van der Waals surface area contributed by atoms with Crippen molar-refractivity contribution in [3.63, 3.8) is 0 Å². The maximum Gasteiger partial charge on any atom is 0.377 e. The van der Waals surface area contributed by atoms with Gasteiger partial charge in [-0.3, -0.25) is 9.59 Å². The number of ketones is 2. The zero-order chi connectivity index (χ0) is 17.4. The fourth-order valence-corrected chi connectivity index (χ4v) is 2.38. The molecule has 0 aromatic heterocycles. The molecule has 0 unspecified atom stereocenters. The summed E-state index contributed by atoms with van der Waals surface area (Å²) in [5, 5.41) is 7.79. The lowest BCUT2D eigenvalue weighted by molar-refractivity contribution is -0.155. The molecule has 1 aliphatic rings. The van der Waals surface area contributed by atoms with Gasteiger partial charge in [0.2, 0.25) is 0 Å². The lowest BCUT2D eigenvalue weighted by Gasteiger charge is -2.22. The maximum atomic E-state index is 12.6. The van der Waals surface area contributed by atoms with Crippen LogP contribution in [0.4, 0.5) is 5.69 Å². The third-order valence-electron chi connectivity index (χ3n) is 3.66. The van der Waals surface area contributed by atoms with Crippen molar-refractivity contribution in [2.45, 2.75) is 25.8 Å². The Morgan fingerprint density at radius 3 is 2.50 bits per heavy atom. The first-order valence-corrected chi connectivity index (χ1v) is 7.91. The van der Waals surface area contributed by atoms with Gasteiger partial charge in [0.1, 0.15) is 0 Å². The summed E-state index contributed by atoms with van der Waals surface area (Å²) in [5.41, 5.74) is 0.499. The highest BCUT2D eigenvalue weighted by Gasteiger charge is 2.37. The molecular formula is C17H20N2O5. The van der Waals surface area contributed by atoms with Gasteiger partial charge in [0.15, 0.2) is 11.8 Å². The summed E-state index contributed by atoms with van der Waals surface area (Å²) in [6.07, 6.45) is 1.01. The van der Waals surface area contributed by atoms with E-state index in [2.05, 4.69) is 10.2 Å². The monoisotopic (exact) mass is 332 g/mol. The van der Waals surface area contributed by atoms with Gasteiger partial charge in [0.25, 0.3) is 5.78 Å². The summed E-state index contributed by atoms with van der Waals surface area (Å²) in [6, 6.07) is 7.25. The summed E-state index contributed by atoms with van der Waals surface area (Å²) in [7, 11) is 0. The highest BCUT2D eigenvalue weighted by molar-refractivity contribution is 6.40. The van der Waals surface area contributed by atoms with Crippen molar-refractivity contribution in [3.05, 3.63) is 30.3 Å². The number of carbonyl (C=O) groups is 3. The predicted octanol–water partition coefficient (Wildman–Crippen LogP) is 2.27. The number of esters is 1. The zero-order valence-electron chi connectivity index (χ0n) is 13.5. The average Bonchev–Trinajstić information content (AvgIpc) is 2.63. The van der Waals surface area contributed by atoms with Crippen molar-refractivity contribution in [2.75, 3.05) is 19.8 Å². The molecule has 1 aromatic carbocycles. The third-order valence-corrected chi connectivity index (χ3v) is 3.66. The van der Waals surface area contributed by atoms with Crippen LogP contribution < -0.4 is 0 Å². The van der Waals surface area contributed by atoms with Gasteiger partial charge in [0, 0.05) is 19.1 Å². The minimum absolute atomic E-state index is 0.0541. The number of nitrogens with zero attached hydrogens (tertiary/aromatic N) is 2. The van der Waals surface area contributed by atoms with Gasteiger partial charge in [-0.05, 0) is 31.9 Å². The van der Waals surface area contributed by atoms with Crippen LogP contribution in [0.2, 0.25) is 0 Å². The van der Waals surface area contributed by atoms with E-state index >= 15 is 0 Å². The third kappa shape index (κ3) is 4.79. The first kappa shape index (κ1) is 17.9. The van der Waals surface area contributed by atoms with Crippen molar-refractivity contribution >= 4 is 23.2 Å². The number of rotatable bonds is 7. The fraction of sp³-hybridized carbons (Fsp3) is 0.471. The first-order valence-electron chi connectivity index (χ1n) is 7.91. The quantitative estimate of drug-likeness (QED) is 0.330. The second-order valence-electron chi connectivity index (χ2n) is 5.33. The summed E-state index contributed by atoms with van der Waals surface area (Å²) >= 11 is 0. The van der Waals surface area contributed by atoms with Gasteiger partial charge in [-0.15, -0.1) is 0 Å². The van der Waals surface area contributed by atoms with Gasteiger partial charge >= 0.3 is 5.97 Å². The molecule has 128 valence electrons. The largest absolute Gasteiger partial charge is 0.460 e. The fourth-order valence-electron chi connectivity index (χ4n) is 2.38. The minimum Gasteiger partial charge on any atom is -0.460 e. The molecular weight excluding hydrogens is 312 g/mol. The SMILES string of the molecule is CCOC(=O)C(=O)[C@H](N=Nc1ccccc1)C(=O)C1CCOCC1. The van der Waals surface area contributed by atoms with E-state index in [9.17, 15) is 14.4 Å². The molecule has 1 atom stereocenters. The van der Waals surface area contributed by atoms with Crippen molar-refractivity contribution in [1.82, 2.24) is 0 Å². The Labute approximate surface area is 140 Å². The number of hydrogen-bond donors (Lipinski definition) is 0. The van der Waals surface area contributed by atoms with Crippen molar-refractivity contribution in [3.8, 4) is 0 Å². The van der Waals surface area contributed by atoms with E-state index in [1.165, 1.54) is 0 Å². The molecule has 1 fully saturated rings. The summed E-state index contributed by atoms with van der Waals surface area (Å²) in [5.74, 6) is -2.81. The number of hydrogen-bond acceptors (Lipinski definition) is 7. The van der Waals surface area contributed by atoms with Crippen LogP contribution in [0.15, 0.2) is 40.6 Å². The van der Waals surface area contributed by atoms with E-state index < -0.39 is 23.6 Å². The lowest BCUT2D eigenvalue weighted by Crippen LogP contribution is -2.40. The van der Waals surface area contributed by atoms with E-state index in [-0.39, 0.29) is 12.5 Å². The smallest absolute Gasteiger partial charge is 0.377 e. The topological polar surface area (TPSA) is 94.4 Å². The molecule has 0 saturated carbocycles. The summed E-state index contributed by atoms with van der Waals surface area (Å²) < 4.78 is 9.93. The summed E-state index contributed by atoms with van der Waals surface area (Å²) in [4.78, 5) is 36.6. The standard InChI is InChI=1S/C17H20N2O5/c1-2-24-17(22)16(21)14(15(20)12-8-10-23-11-9-12)19-18-13-6-4-3-5-7-13/h3-7,12,14H,2,8-11H2,1H3/t14-/m1/s1. The van der Waals surface area contributed by atoms with Gasteiger partial charge in [-0.1, -0.05) is 18.2 Å². The van der Waals surface area contributed by atoms with Crippen molar-refractivity contribution in [2.24, 2.45) is 16.1 Å². The molecule has 1 heterocycles. The molecule has 7 heteroatoms. The van der Waals surface area contributed by atoms with Crippen LogP contribution in [0.3, 0.4) is 0 Å². The van der Waals surface area contributed by atoms with E-state index in [4.69, 9.17) is 9.47 Å². The van der Waals surface area contributed by atoms with E-state index in [0.29, 0.717) is 31.7 Å². The maximum absolute atomic E-state index is 12.6. The molecule has 0 bridgehead atoms. The first-order chi connectivity index (χ1) is 11.6. The molecule has 0 spiro atoms. The van der Waals surface area contributed by atoms with Crippen LogP contribution in [0.25, 0.3) is 0 Å². The molecule has 1 aliphatic heterocycles. The van der Waals surface area contributed by atoms with Crippen LogP contribution in [-0.2, 0) is 23.9 Å². The van der Waals surface area contributed by atoms with Crippen molar-refractivity contribution in [1.29, 1.82) is 0 Å². The zero-order valence-corrected chi connectivity index (χ0v) is 13.5. The Morgan fingerprint density at radius 2 is 1.88 bits per heavy atom. The Balaban J connectivity index is 2.19. The second kappa shape index (κ2) is 9.02. The highest BCUT2D eigenvalue weighted by Crippen LogP contribution is 2.20. The average molecular weight is 332 g/mol. The van der Waals surface area contributed by atoms with Gasteiger partial charge in [-0.2, -0.15) is 10.2 Å². The molecule has 2 rings (SSSR count). The molecule has 7 nitrogen and oxygen atoms in total. The van der Waals surface area contributed by atoms with Gasteiger partial charge < -0.3 is 9.47 Å². The van der Waals surface area contributed by atoms with Crippen LogP contribution in [-0.4, -0.2) is 43.4 Å². The minimum atomic E-state index is -1.47. The van der Waals surface area contributed by atoms with Crippen LogP contribution in [0, 0.1) is 5.92 Å². The predicted molar refractivity (Wildman–Crippen MR) is 84.9 cm³/mol. The lowest BCUT2D eigenvalue weighted by atomic mass is 9.90. The molecule has 1 saturated heterocycles. The van der Waals surface area contributed by atoms with Crippen molar-refractivity contribution < 1.29 is 23.9 Å². The molecule has 0 N–H and O–H groups in total. The number of azo groups is 1. The van der Waals surface area contributed by atoms with Gasteiger partial charge in [0.05, 0.1) is 12.3 Å². The Kier molecular flexibility index (Phi) is 6.74. The highest BCUT2D eigenvalue weighted by atomic mass is 16.5. The number of benzene rings is 1. The second-order valence-corrected chi connectivity index (χ2v) is 5.33. The van der Waals surface area contributed by atoms with E-state index in [0.717, 1.165) is 0 Å². The van der Waals surface area contributed by atoms with Crippen LogP contribution in [0.5, 0.6) is 0 Å². The Hall–Kier alpha value is -2.41. The molecule has 0 amide bonds. The Morgan fingerprint density at radius 1 is 1.21 bits per heavy atom. The summed E-state index contributed by atoms with van der Waals surface area (Å²) in [6.45, 7) is 2.55. The number of Topliss-reactive ketones (excluding diaryl/α,β-unsaturated/α-hetero) is 2. The van der Waals surface area contributed by atoms with E-state index in [1.807, 2.05) is 6.07 Å². The molecule has 0 aliphatic carbocycles. The Bertz CT molecular complexity index is 609. The van der Waals surface area contributed by atoms with E-state index in [1.54, 1.807) is 31.2 Å².